The topological polar surface area (TPSA) is 13.1 Å². The molecule has 1 aromatic heterocycles. The number of rotatable bonds is 1. The van der Waals surface area contributed by atoms with Gasteiger partial charge in [-0.15, -0.1) is 0 Å². The summed E-state index contributed by atoms with van der Waals surface area (Å²) in [4.78, 5) is 0. The second-order valence-corrected chi connectivity index (χ2v) is 3.38. The van der Waals surface area contributed by atoms with Crippen LogP contribution in [0.5, 0.6) is 0 Å². The highest BCUT2D eigenvalue weighted by Gasteiger charge is 2.04. The zero-order valence-electron chi connectivity index (χ0n) is 7.37. The molecule has 0 radical (unpaired) electrons. The largest absolute Gasteiger partial charge is 0.471 e. The number of benzene rings is 1. The van der Waals surface area contributed by atoms with Gasteiger partial charge in [-0.3, -0.25) is 0 Å². The number of hydrogen-bond acceptors (Lipinski definition) is 1. The summed E-state index contributed by atoms with van der Waals surface area (Å²) in [5, 5.41) is 2.44. The molecule has 0 amide bonds. The lowest BCUT2D eigenvalue weighted by Gasteiger charge is -2.04. The minimum atomic E-state index is 0.561. The second-order valence-electron chi connectivity index (χ2n) is 3.38. The summed E-state index contributed by atoms with van der Waals surface area (Å²) in [6, 6.07) is 6.31. The average molecular weight is 160 g/mol. The first kappa shape index (κ1) is 7.41. The number of fused-ring (bicyclic) bond motifs is 1. The second kappa shape index (κ2) is 2.67. The van der Waals surface area contributed by atoms with E-state index in [9.17, 15) is 0 Å². The summed E-state index contributed by atoms with van der Waals surface area (Å²) < 4.78 is 5.16. The van der Waals surface area contributed by atoms with Crippen LogP contribution in [-0.2, 0) is 0 Å². The minimum absolute atomic E-state index is 0.561. The molecule has 1 aromatic carbocycles. The maximum atomic E-state index is 5.16. The molecule has 0 aliphatic carbocycles. The molecule has 0 atom stereocenters. The summed E-state index contributed by atoms with van der Waals surface area (Å²) in [7, 11) is 0. The van der Waals surface area contributed by atoms with E-state index in [1.54, 1.807) is 6.26 Å². The van der Waals surface area contributed by atoms with Gasteiger partial charge < -0.3 is 4.42 Å². The third kappa shape index (κ3) is 1.02. The number of furan rings is 1. The highest BCUT2D eigenvalue weighted by Crippen LogP contribution is 2.25. The predicted octanol–water partition coefficient (Wildman–Crippen LogP) is 3.56. The summed E-state index contributed by atoms with van der Waals surface area (Å²) in [5.41, 5.74) is 1.36. The van der Waals surface area contributed by atoms with Crippen LogP contribution >= 0.6 is 0 Å². The Hall–Kier alpha value is -1.24. The van der Waals surface area contributed by atoms with Crippen molar-refractivity contribution < 1.29 is 4.42 Å². The molecule has 0 spiro atoms. The molecule has 2 rings (SSSR count). The van der Waals surface area contributed by atoms with Crippen molar-refractivity contribution in [2.24, 2.45) is 0 Å². The standard InChI is InChI=1S/C11H12O/c1-8(2)10-5-3-4-9-6-12-7-11(9)10/h3-8H,1-2H3. The van der Waals surface area contributed by atoms with Crippen molar-refractivity contribution in [3.8, 4) is 0 Å². The van der Waals surface area contributed by atoms with Crippen molar-refractivity contribution in [2.45, 2.75) is 19.8 Å². The van der Waals surface area contributed by atoms with Crippen LogP contribution in [-0.4, -0.2) is 0 Å². The Labute approximate surface area is 72.0 Å². The van der Waals surface area contributed by atoms with Crippen LogP contribution in [0.1, 0.15) is 25.3 Å². The Kier molecular flexibility index (Phi) is 1.65. The minimum Gasteiger partial charge on any atom is -0.471 e. The van der Waals surface area contributed by atoms with E-state index in [0.717, 1.165) is 0 Å². The maximum Gasteiger partial charge on any atom is 0.0984 e. The van der Waals surface area contributed by atoms with Crippen LogP contribution in [0.25, 0.3) is 10.8 Å². The summed E-state index contributed by atoms with van der Waals surface area (Å²) in [6.45, 7) is 4.39. The molecule has 0 saturated heterocycles. The first-order valence-electron chi connectivity index (χ1n) is 4.24. The third-order valence-corrected chi connectivity index (χ3v) is 2.18. The maximum absolute atomic E-state index is 5.16. The van der Waals surface area contributed by atoms with Crippen molar-refractivity contribution in [2.75, 3.05) is 0 Å². The highest BCUT2D eigenvalue weighted by molar-refractivity contribution is 5.84. The van der Waals surface area contributed by atoms with Gasteiger partial charge in [0, 0.05) is 10.8 Å². The van der Waals surface area contributed by atoms with E-state index >= 15 is 0 Å². The lowest BCUT2D eigenvalue weighted by molar-refractivity contribution is 0.572. The van der Waals surface area contributed by atoms with Crippen molar-refractivity contribution >= 4 is 10.8 Å². The van der Waals surface area contributed by atoms with Crippen molar-refractivity contribution in [1.82, 2.24) is 0 Å². The molecular weight excluding hydrogens is 148 g/mol. The van der Waals surface area contributed by atoms with Crippen molar-refractivity contribution in [3.05, 3.63) is 36.3 Å². The van der Waals surface area contributed by atoms with Gasteiger partial charge in [0.2, 0.25) is 0 Å². The van der Waals surface area contributed by atoms with E-state index in [0.29, 0.717) is 5.92 Å². The molecular formula is C11H12O. The van der Waals surface area contributed by atoms with Crippen LogP contribution in [0, 0.1) is 0 Å². The zero-order chi connectivity index (χ0) is 8.55. The summed E-state index contributed by atoms with van der Waals surface area (Å²) >= 11 is 0. The normalized spacial score (nSPS) is 11.2. The third-order valence-electron chi connectivity index (χ3n) is 2.18. The SMILES string of the molecule is CC(C)c1cccc2cocc12. The predicted molar refractivity (Wildman–Crippen MR) is 50.3 cm³/mol. The van der Waals surface area contributed by atoms with Gasteiger partial charge in [0.1, 0.15) is 0 Å². The first-order chi connectivity index (χ1) is 5.79. The molecule has 1 heterocycles. The van der Waals surface area contributed by atoms with Crippen LogP contribution in [0.4, 0.5) is 0 Å². The monoisotopic (exact) mass is 160 g/mol. The highest BCUT2D eigenvalue weighted by atomic mass is 16.3. The molecule has 0 saturated carbocycles. The first-order valence-corrected chi connectivity index (χ1v) is 4.24. The van der Waals surface area contributed by atoms with Crippen molar-refractivity contribution in [3.63, 3.8) is 0 Å². The Morgan fingerprint density at radius 3 is 2.75 bits per heavy atom. The Morgan fingerprint density at radius 1 is 1.17 bits per heavy atom. The van der Waals surface area contributed by atoms with Crippen LogP contribution < -0.4 is 0 Å². The molecule has 0 bridgehead atoms. The molecule has 2 aromatic rings. The van der Waals surface area contributed by atoms with E-state index in [4.69, 9.17) is 4.42 Å². The molecule has 0 aliphatic heterocycles. The summed E-state index contributed by atoms with van der Waals surface area (Å²) in [5.74, 6) is 0.561. The molecule has 0 fully saturated rings. The molecule has 1 nitrogen and oxygen atoms in total. The fraction of sp³-hybridized carbons (Fsp3) is 0.273. The van der Waals surface area contributed by atoms with Gasteiger partial charge in [-0.2, -0.15) is 0 Å². The van der Waals surface area contributed by atoms with Gasteiger partial charge in [-0.25, -0.2) is 0 Å². The van der Waals surface area contributed by atoms with Gasteiger partial charge in [0.15, 0.2) is 0 Å². The lowest BCUT2D eigenvalue weighted by atomic mass is 9.99. The number of hydrogen-bond donors (Lipinski definition) is 0. The molecule has 12 heavy (non-hydrogen) atoms. The van der Waals surface area contributed by atoms with E-state index < -0.39 is 0 Å². The molecule has 0 N–H and O–H groups in total. The molecule has 1 heteroatoms. The van der Waals surface area contributed by atoms with Gasteiger partial charge in [0.05, 0.1) is 12.5 Å². The van der Waals surface area contributed by atoms with Gasteiger partial charge in [-0.05, 0) is 11.5 Å². The van der Waals surface area contributed by atoms with E-state index in [1.165, 1.54) is 16.3 Å². The van der Waals surface area contributed by atoms with Gasteiger partial charge >= 0.3 is 0 Å². The fourth-order valence-electron chi connectivity index (χ4n) is 1.52. The Bertz CT molecular complexity index is 385. The quantitative estimate of drug-likeness (QED) is 0.621. The van der Waals surface area contributed by atoms with E-state index in [2.05, 4.69) is 32.0 Å². The van der Waals surface area contributed by atoms with Gasteiger partial charge in [-0.1, -0.05) is 32.0 Å². The van der Waals surface area contributed by atoms with E-state index in [1.807, 2.05) is 6.26 Å². The van der Waals surface area contributed by atoms with E-state index in [-0.39, 0.29) is 0 Å². The average Bonchev–Trinajstić information content (AvgIpc) is 2.49. The van der Waals surface area contributed by atoms with Crippen LogP contribution in [0.2, 0.25) is 0 Å². The molecule has 62 valence electrons. The summed E-state index contributed by atoms with van der Waals surface area (Å²) in [6.07, 6.45) is 3.62. The van der Waals surface area contributed by atoms with Gasteiger partial charge in [0.25, 0.3) is 0 Å². The van der Waals surface area contributed by atoms with Crippen LogP contribution in [0.3, 0.4) is 0 Å². The fourth-order valence-corrected chi connectivity index (χ4v) is 1.52. The van der Waals surface area contributed by atoms with Crippen LogP contribution in [0.15, 0.2) is 35.1 Å². The van der Waals surface area contributed by atoms with Crippen molar-refractivity contribution in [1.29, 1.82) is 0 Å². The smallest absolute Gasteiger partial charge is 0.0984 e. The lowest BCUT2D eigenvalue weighted by Crippen LogP contribution is -1.86. The molecule has 0 aliphatic rings. The zero-order valence-corrected chi connectivity index (χ0v) is 7.37. The molecule has 0 unspecified atom stereocenters. The Balaban J connectivity index is 2.73. The Morgan fingerprint density at radius 2 is 2.00 bits per heavy atom.